The molecule has 27 heavy (non-hydrogen) atoms. The Morgan fingerprint density at radius 3 is 2.93 bits per heavy atom. The first-order valence-corrected chi connectivity index (χ1v) is 10.2. The summed E-state index contributed by atoms with van der Waals surface area (Å²) in [5.74, 6) is -0.255. The van der Waals surface area contributed by atoms with Crippen LogP contribution in [0, 0.1) is 0 Å². The second kappa shape index (κ2) is 8.81. The number of hydrogen-bond donors (Lipinski definition) is 2. The molecule has 2 aromatic heterocycles. The van der Waals surface area contributed by atoms with Crippen molar-refractivity contribution in [1.29, 1.82) is 0 Å². The Morgan fingerprint density at radius 2 is 2.30 bits per heavy atom. The number of hydrogen-bond acceptors (Lipinski definition) is 6. The maximum absolute atomic E-state index is 12.5. The first-order valence-electron chi connectivity index (χ1n) is 8.87. The van der Waals surface area contributed by atoms with Gasteiger partial charge in [0.15, 0.2) is 11.0 Å². The Morgan fingerprint density at radius 1 is 1.48 bits per heavy atom. The van der Waals surface area contributed by atoms with Gasteiger partial charge in [0, 0.05) is 25.1 Å². The fourth-order valence-corrected chi connectivity index (χ4v) is 3.89. The maximum Gasteiger partial charge on any atom is 0.287 e. The summed E-state index contributed by atoms with van der Waals surface area (Å²) in [6.07, 6.45) is 0.950. The largest absolute Gasteiger partial charge is 0.375 e. The van der Waals surface area contributed by atoms with Crippen molar-refractivity contribution in [2.45, 2.75) is 38.8 Å². The summed E-state index contributed by atoms with van der Waals surface area (Å²) in [4.78, 5) is 37.9. The topological polar surface area (TPSA) is 100 Å². The minimum Gasteiger partial charge on any atom is -0.375 e. The van der Waals surface area contributed by atoms with Gasteiger partial charge in [-0.25, -0.2) is 9.97 Å². The van der Waals surface area contributed by atoms with Crippen LogP contribution in [-0.4, -0.2) is 63.5 Å². The quantitative estimate of drug-likeness (QED) is 0.758. The molecule has 146 valence electrons. The van der Waals surface area contributed by atoms with E-state index in [9.17, 15) is 9.59 Å². The Labute approximate surface area is 166 Å². The summed E-state index contributed by atoms with van der Waals surface area (Å²) in [7, 11) is 0. The van der Waals surface area contributed by atoms with Gasteiger partial charge in [-0.1, -0.05) is 18.5 Å². The fraction of sp³-hybridized carbons (Fsp3) is 0.529. The molecule has 1 aliphatic heterocycles. The lowest BCUT2D eigenvalue weighted by atomic mass is 10.0. The van der Waals surface area contributed by atoms with Crippen LogP contribution in [0.3, 0.4) is 0 Å². The second-order valence-electron chi connectivity index (χ2n) is 6.20. The number of imidazole rings is 1. The highest BCUT2D eigenvalue weighted by atomic mass is 35.5. The molecule has 0 aromatic carbocycles. The van der Waals surface area contributed by atoms with Gasteiger partial charge in [-0.05, 0) is 19.8 Å². The van der Waals surface area contributed by atoms with E-state index in [1.807, 2.05) is 13.8 Å². The molecular weight excluding hydrogens is 390 g/mol. The third kappa shape index (κ3) is 4.48. The molecule has 8 nitrogen and oxygen atoms in total. The van der Waals surface area contributed by atoms with Crippen molar-refractivity contribution in [1.82, 2.24) is 25.2 Å². The molecule has 2 amide bonds. The molecule has 2 N–H and O–H groups in total. The number of thiazole rings is 1. The van der Waals surface area contributed by atoms with Crippen LogP contribution in [0.25, 0.3) is 0 Å². The summed E-state index contributed by atoms with van der Waals surface area (Å²) < 4.78 is 5.80. The first kappa shape index (κ1) is 19.8. The Balaban J connectivity index is 1.66. The van der Waals surface area contributed by atoms with Crippen LogP contribution in [0.5, 0.6) is 0 Å². The number of carbonyl (C=O) groups is 2. The SMILES string of the molecule is CCO[C@H]1CN(C(=O)c2cscn2)CC[C@H]1NC(=O)c1nc(Cl)c(CC)[nH]1. The minimum atomic E-state index is -0.328. The molecule has 2 atom stereocenters. The van der Waals surface area contributed by atoms with Gasteiger partial charge in [0.05, 0.1) is 23.4 Å². The van der Waals surface area contributed by atoms with Crippen molar-refractivity contribution < 1.29 is 14.3 Å². The van der Waals surface area contributed by atoms with Gasteiger partial charge in [-0.15, -0.1) is 11.3 Å². The molecular formula is C17H22ClN5O3S. The zero-order chi connectivity index (χ0) is 19.4. The second-order valence-corrected chi connectivity index (χ2v) is 7.27. The van der Waals surface area contributed by atoms with Crippen molar-refractivity contribution in [3.8, 4) is 0 Å². The van der Waals surface area contributed by atoms with Crippen LogP contribution in [0.2, 0.25) is 5.15 Å². The van der Waals surface area contributed by atoms with Gasteiger partial charge in [-0.2, -0.15) is 0 Å². The molecule has 10 heteroatoms. The molecule has 0 aliphatic carbocycles. The lowest BCUT2D eigenvalue weighted by Gasteiger charge is -2.38. The molecule has 0 unspecified atom stereocenters. The van der Waals surface area contributed by atoms with Gasteiger partial charge >= 0.3 is 0 Å². The number of rotatable bonds is 6. The van der Waals surface area contributed by atoms with E-state index in [-0.39, 0.29) is 29.8 Å². The van der Waals surface area contributed by atoms with Crippen LogP contribution in [0.15, 0.2) is 10.9 Å². The van der Waals surface area contributed by atoms with Gasteiger partial charge in [0.2, 0.25) is 0 Å². The highest BCUT2D eigenvalue weighted by molar-refractivity contribution is 7.07. The average Bonchev–Trinajstić information content (AvgIpc) is 3.32. The van der Waals surface area contributed by atoms with E-state index in [1.165, 1.54) is 11.3 Å². The van der Waals surface area contributed by atoms with Gasteiger partial charge < -0.3 is 19.9 Å². The highest BCUT2D eigenvalue weighted by Crippen LogP contribution is 2.18. The van der Waals surface area contributed by atoms with E-state index in [4.69, 9.17) is 16.3 Å². The summed E-state index contributed by atoms with van der Waals surface area (Å²) in [6, 6.07) is -0.217. The monoisotopic (exact) mass is 411 g/mol. The Kier molecular flexibility index (Phi) is 6.46. The molecule has 0 radical (unpaired) electrons. The summed E-state index contributed by atoms with van der Waals surface area (Å²) >= 11 is 7.40. The van der Waals surface area contributed by atoms with Crippen LogP contribution < -0.4 is 5.32 Å². The summed E-state index contributed by atoms with van der Waals surface area (Å²) in [6.45, 7) is 5.22. The zero-order valence-electron chi connectivity index (χ0n) is 15.2. The predicted molar refractivity (Wildman–Crippen MR) is 102 cm³/mol. The highest BCUT2D eigenvalue weighted by Gasteiger charge is 2.34. The van der Waals surface area contributed by atoms with E-state index in [2.05, 4.69) is 20.3 Å². The van der Waals surface area contributed by atoms with Crippen molar-refractivity contribution in [3.63, 3.8) is 0 Å². The lowest BCUT2D eigenvalue weighted by molar-refractivity contribution is -0.0117. The van der Waals surface area contributed by atoms with E-state index in [0.29, 0.717) is 43.4 Å². The Bertz CT molecular complexity index is 795. The van der Waals surface area contributed by atoms with E-state index < -0.39 is 0 Å². The molecule has 0 spiro atoms. The molecule has 2 aromatic rings. The third-order valence-electron chi connectivity index (χ3n) is 4.49. The number of nitrogens with one attached hydrogen (secondary N) is 2. The number of aromatic nitrogens is 3. The number of likely N-dealkylation sites (tertiary alicyclic amines) is 1. The number of carbonyl (C=O) groups excluding carboxylic acids is 2. The molecule has 0 bridgehead atoms. The van der Waals surface area contributed by atoms with Gasteiger partial charge in [0.25, 0.3) is 11.8 Å². The van der Waals surface area contributed by atoms with Gasteiger partial charge in [-0.3, -0.25) is 9.59 Å². The maximum atomic E-state index is 12.5. The third-order valence-corrected chi connectivity index (χ3v) is 5.39. The average molecular weight is 412 g/mol. The first-order chi connectivity index (χ1) is 13.0. The number of nitrogens with zero attached hydrogens (tertiary/aromatic N) is 3. The van der Waals surface area contributed by atoms with E-state index in [1.54, 1.807) is 15.8 Å². The molecule has 1 saturated heterocycles. The number of aromatic amines is 1. The number of H-pyrrole nitrogens is 1. The van der Waals surface area contributed by atoms with Crippen molar-refractivity contribution in [2.75, 3.05) is 19.7 Å². The Hall–Kier alpha value is -1.97. The number of ether oxygens (including phenoxy) is 1. The standard InChI is InChI=1S/C17H22ClN5O3S/c1-3-10-14(18)22-15(20-10)16(24)21-11-5-6-23(7-13(11)26-4-2)17(25)12-8-27-9-19-12/h8-9,11,13H,3-7H2,1-2H3,(H,20,22)(H,21,24)/t11-,13+/m1/s1. The lowest BCUT2D eigenvalue weighted by Crippen LogP contribution is -2.56. The van der Waals surface area contributed by atoms with Crippen LogP contribution >= 0.6 is 22.9 Å². The molecule has 0 saturated carbocycles. The number of aryl methyl sites for hydroxylation is 1. The smallest absolute Gasteiger partial charge is 0.287 e. The van der Waals surface area contributed by atoms with Crippen molar-refractivity contribution in [2.24, 2.45) is 0 Å². The number of amides is 2. The fourth-order valence-electron chi connectivity index (χ4n) is 3.10. The molecule has 1 fully saturated rings. The molecule has 3 heterocycles. The normalized spacial score (nSPS) is 19.9. The van der Waals surface area contributed by atoms with Crippen LogP contribution in [0.4, 0.5) is 0 Å². The number of piperidine rings is 1. The minimum absolute atomic E-state index is 0.115. The van der Waals surface area contributed by atoms with Crippen molar-refractivity contribution in [3.05, 3.63) is 33.3 Å². The predicted octanol–water partition coefficient (Wildman–Crippen LogP) is 2.13. The zero-order valence-corrected chi connectivity index (χ0v) is 16.8. The summed E-state index contributed by atoms with van der Waals surface area (Å²) in [5, 5.41) is 5.01. The van der Waals surface area contributed by atoms with Crippen LogP contribution in [-0.2, 0) is 11.2 Å². The van der Waals surface area contributed by atoms with Crippen LogP contribution in [0.1, 0.15) is 47.1 Å². The van der Waals surface area contributed by atoms with E-state index in [0.717, 1.165) is 5.69 Å². The van der Waals surface area contributed by atoms with Gasteiger partial charge in [0.1, 0.15) is 5.69 Å². The number of halogens is 1. The summed E-state index contributed by atoms with van der Waals surface area (Å²) in [5.41, 5.74) is 2.81. The molecule has 1 aliphatic rings. The van der Waals surface area contributed by atoms with E-state index >= 15 is 0 Å². The molecule has 3 rings (SSSR count). The van der Waals surface area contributed by atoms with Crippen molar-refractivity contribution >= 4 is 34.8 Å².